The SMILES string of the molecule is CC(=O)O.Cc1nc2cc3nc(-c4cn(Cc5cccc(CN)c5)c5cc6c(cc45)OCO6)c(=O)[nH]c3cc2nc1C. The van der Waals surface area contributed by atoms with Crippen LogP contribution in [0.2, 0.25) is 0 Å². The van der Waals surface area contributed by atoms with Gasteiger partial charge in [-0.25, -0.2) is 15.0 Å². The molecule has 0 spiro atoms. The fourth-order valence-electron chi connectivity index (χ4n) is 5.05. The lowest BCUT2D eigenvalue weighted by atomic mass is 10.1. The number of rotatable bonds is 4. The van der Waals surface area contributed by atoms with Crippen LogP contribution >= 0.6 is 0 Å². The molecule has 42 heavy (non-hydrogen) atoms. The molecule has 0 fully saturated rings. The summed E-state index contributed by atoms with van der Waals surface area (Å²) in [7, 11) is 0. The van der Waals surface area contributed by atoms with Crippen molar-refractivity contribution < 1.29 is 19.4 Å². The minimum Gasteiger partial charge on any atom is -0.481 e. The molecule has 11 heteroatoms. The first-order chi connectivity index (χ1) is 20.2. The van der Waals surface area contributed by atoms with E-state index in [4.69, 9.17) is 30.1 Å². The minimum absolute atomic E-state index is 0.164. The first-order valence-electron chi connectivity index (χ1n) is 13.3. The summed E-state index contributed by atoms with van der Waals surface area (Å²) in [4.78, 5) is 39.5. The van der Waals surface area contributed by atoms with Crippen LogP contribution < -0.4 is 20.8 Å². The smallest absolute Gasteiger partial charge is 0.300 e. The van der Waals surface area contributed by atoms with E-state index in [0.29, 0.717) is 46.9 Å². The van der Waals surface area contributed by atoms with Gasteiger partial charge in [0.2, 0.25) is 6.79 Å². The molecule has 7 rings (SSSR count). The summed E-state index contributed by atoms with van der Waals surface area (Å²) in [6.07, 6.45) is 1.96. The van der Waals surface area contributed by atoms with E-state index < -0.39 is 5.97 Å². The molecule has 4 heterocycles. The van der Waals surface area contributed by atoms with Crippen LogP contribution in [-0.4, -0.2) is 42.4 Å². The van der Waals surface area contributed by atoms with Gasteiger partial charge in [-0.3, -0.25) is 9.59 Å². The van der Waals surface area contributed by atoms with E-state index in [1.165, 1.54) is 0 Å². The lowest BCUT2D eigenvalue weighted by molar-refractivity contribution is -0.134. The molecular weight excluding hydrogens is 536 g/mol. The average molecular weight is 565 g/mol. The van der Waals surface area contributed by atoms with E-state index in [0.717, 1.165) is 51.4 Å². The third kappa shape index (κ3) is 5.01. The van der Waals surface area contributed by atoms with E-state index in [2.05, 4.69) is 31.7 Å². The number of ether oxygens (including phenoxy) is 2. The van der Waals surface area contributed by atoms with Gasteiger partial charge in [0.15, 0.2) is 11.5 Å². The van der Waals surface area contributed by atoms with Crippen molar-refractivity contribution in [3.8, 4) is 22.8 Å². The van der Waals surface area contributed by atoms with E-state index in [1.54, 1.807) is 0 Å². The van der Waals surface area contributed by atoms with Crippen LogP contribution in [0.4, 0.5) is 0 Å². The lowest BCUT2D eigenvalue weighted by Crippen LogP contribution is -2.11. The Kier molecular flexibility index (Phi) is 6.79. The normalized spacial score (nSPS) is 12.1. The van der Waals surface area contributed by atoms with E-state index in [1.807, 2.05) is 56.4 Å². The second-order valence-electron chi connectivity index (χ2n) is 10.1. The number of hydrogen-bond donors (Lipinski definition) is 3. The summed E-state index contributed by atoms with van der Waals surface area (Å²) in [6.45, 7) is 6.16. The summed E-state index contributed by atoms with van der Waals surface area (Å²) >= 11 is 0. The molecule has 6 aromatic rings. The maximum absolute atomic E-state index is 13.4. The van der Waals surface area contributed by atoms with Crippen LogP contribution in [0, 0.1) is 13.8 Å². The van der Waals surface area contributed by atoms with Gasteiger partial charge in [-0.2, -0.15) is 0 Å². The van der Waals surface area contributed by atoms with Crippen molar-refractivity contribution >= 4 is 38.9 Å². The Balaban J connectivity index is 0.000000744. The molecular formula is C31H28N6O5. The van der Waals surface area contributed by atoms with Gasteiger partial charge in [0.25, 0.3) is 11.5 Å². The molecule has 0 saturated heterocycles. The van der Waals surface area contributed by atoms with Crippen LogP contribution in [0.15, 0.2) is 59.5 Å². The van der Waals surface area contributed by atoms with Gasteiger partial charge >= 0.3 is 0 Å². The Morgan fingerprint density at radius 2 is 1.64 bits per heavy atom. The quantitative estimate of drug-likeness (QED) is 0.263. The van der Waals surface area contributed by atoms with Crippen molar-refractivity contribution in [2.75, 3.05) is 6.79 Å². The standard InChI is InChI=1S/C29H24N6O3.C2H4O2/c1-15-16(2)32-22-9-24-23(8-21(22)31-15)33-28(29(36)34-24)20-13-35(12-18-5-3-4-17(6-18)11-30)25-10-27-26(7-19(20)25)37-14-38-27;1-2(3)4/h3-10,13H,11-12,14,30H2,1-2H3,(H,34,36);1H3,(H,3,4). The van der Waals surface area contributed by atoms with E-state index >= 15 is 0 Å². The zero-order chi connectivity index (χ0) is 29.5. The number of aliphatic carboxylic acids is 1. The molecule has 0 unspecified atom stereocenters. The first kappa shape index (κ1) is 26.9. The number of nitrogens with zero attached hydrogens (tertiary/aromatic N) is 4. The number of fused-ring (bicyclic) bond motifs is 4. The van der Waals surface area contributed by atoms with E-state index in [-0.39, 0.29) is 12.4 Å². The van der Waals surface area contributed by atoms with Crippen molar-refractivity contribution in [1.82, 2.24) is 24.5 Å². The number of nitrogens with one attached hydrogen (secondary N) is 1. The van der Waals surface area contributed by atoms with Gasteiger partial charge in [-0.1, -0.05) is 24.3 Å². The highest BCUT2D eigenvalue weighted by Crippen LogP contribution is 2.40. The summed E-state index contributed by atoms with van der Waals surface area (Å²) in [5.41, 5.74) is 14.1. The molecule has 3 aromatic carbocycles. The number of benzene rings is 3. The summed E-state index contributed by atoms with van der Waals surface area (Å²) in [5.74, 6) is 0.487. The number of aryl methyl sites for hydroxylation is 2. The summed E-state index contributed by atoms with van der Waals surface area (Å²) in [6, 6.07) is 15.7. The highest BCUT2D eigenvalue weighted by atomic mass is 16.7. The van der Waals surface area contributed by atoms with Gasteiger partial charge in [0.1, 0.15) is 5.69 Å². The molecule has 3 aromatic heterocycles. The maximum atomic E-state index is 13.4. The Morgan fingerprint density at radius 1 is 0.976 bits per heavy atom. The number of nitrogens with two attached hydrogens (primary N) is 1. The zero-order valence-electron chi connectivity index (χ0n) is 23.3. The fraction of sp³-hybridized carbons (Fsp3) is 0.194. The predicted octanol–water partition coefficient (Wildman–Crippen LogP) is 4.43. The van der Waals surface area contributed by atoms with Crippen molar-refractivity contribution in [2.24, 2.45) is 5.73 Å². The second-order valence-corrected chi connectivity index (χ2v) is 10.1. The molecule has 212 valence electrons. The number of aromatic amines is 1. The van der Waals surface area contributed by atoms with Crippen molar-refractivity contribution in [2.45, 2.75) is 33.9 Å². The van der Waals surface area contributed by atoms with Crippen molar-refractivity contribution in [3.05, 3.63) is 87.6 Å². The molecule has 4 N–H and O–H groups in total. The minimum atomic E-state index is -0.833. The van der Waals surface area contributed by atoms with Crippen LogP contribution in [0.3, 0.4) is 0 Å². The third-order valence-electron chi connectivity index (χ3n) is 7.10. The zero-order valence-corrected chi connectivity index (χ0v) is 23.3. The number of aromatic nitrogens is 5. The fourth-order valence-corrected chi connectivity index (χ4v) is 5.05. The second kappa shape index (κ2) is 10.6. The molecule has 0 atom stereocenters. The van der Waals surface area contributed by atoms with Gasteiger partial charge in [0.05, 0.1) is 39.0 Å². The molecule has 1 aliphatic heterocycles. The first-order valence-corrected chi connectivity index (χ1v) is 13.3. The van der Waals surface area contributed by atoms with E-state index in [9.17, 15) is 4.79 Å². The molecule has 0 amide bonds. The maximum Gasteiger partial charge on any atom is 0.300 e. The summed E-state index contributed by atoms with van der Waals surface area (Å²) < 4.78 is 13.4. The summed E-state index contributed by atoms with van der Waals surface area (Å²) in [5, 5.41) is 8.27. The topological polar surface area (TPSA) is 158 Å². The number of carboxylic acid groups (broad SMARTS) is 1. The van der Waals surface area contributed by atoms with Gasteiger partial charge in [-0.05, 0) is 43.2 Å². The molecule has 0 radical (unpaired) electrons. The Morgan fingerprint density at radius 3 is 2.36 bits per heavy atom. The Bertz CT molecular complexity index is 2080. The van der Waals surface area contributed by atoms with Gasteiger partial charge in [-0.15, -0.1) is 0 Å². The molecule has 0 saturated carbocycles. The number of carboxylic acids is 1. The highest BCUT2D eigenvalue weighted by Gasteiger charge is 2.22. The monoisotopic (exact) mass is 564 g/mol. The number of hydrogen-bond acceptors (Lipinski definition) is 8. The van der Waals surface area contributed by atoms with Crippen LogP contribution in [0.1, 0.15) is 29.4 Å². The van der Waals surface area contributed by atoms with Crippen molar-refractivity contribution in [1.29, 1.82) is 0 Å². The molecule has 0 aliphatic carbocycles. The Labute approximate surface area is 239 Å². The predicted molar refractivity (Wildman–Crippen MR) is 159 cm³/mol. The lowest BCUT2D eigenvalue weighted by Gasteiger charge is -2.08. The van der Waals surface area contributed by atoms with Crippen LogP contribution in [0.5, 0.6) is 11.5 Å². The molecule has 1 aliphatic rings. The third-order valence-corrected chi connectivity index (χ3v) is 7.10. The number of carbonyl (C=O) groups is 1. The highest BCUT2D eigenvalue weighted by molar-refractivity contribution is 5.99. The largest absolute Gasteiger partial charge is 0.481 e. The van der Waals surface area contributed by atoms with Gasteiger partial charge < -0.3 is 29.9 Å². The Hall–Kier alpha value is -5.29. The molecule has 11 nitrogen and oxygen atoms in total. The number of H-pyrrole nitrogens is 1. The van der Waals surface area contributed by atoms with Gasteiger partial charge in [0, 0.05) is 43.2 Å². The van der Waals surface area contributed by atoms with Crippen LogP contribution in [-0.2, 0) is 17.9 Å². The van der Waals surface area contributed by atoms with Crippen molar-refractivity contribution in [3.63, 3.8) is 0 Å². The average Bonchev–Trinajstić information content (AvgIpc) is 3.55. The van der Waals surface area contributed by atoms with Crippen LogP contribution in [0.25, 0.3) is 44.2 Å². The molecule has 0 bridgehead atoms.